The molecule has 0 aliphatic heterocycles. The first kappa shape index (κ1) is 18.4. The SMILES string of the molecule is CCOc1ccc(C(=O)NCc2ccc(OC)c(OC)c2OC)cc1. The number of hydrogen-bond donors (Lipinski definition) is 1. The van der Waals surface area contributed by atoms with Gasteiger partial charge in [-0.2, -0.15) is 0 Å². The topological polar surface area (TPSA) is 66.0 Å². The summed E-state index contributed by atoms with van der Waals surface area (Å²) in [6, 6.07) is 10.6. The third-order valence-corrected chi connectivity index (χ3v) is 3.65. The fraction of sp³-hybridized carbons (Fsp3) is 0.316. The number of carbonyl (C=O) groups excluding carboxylic acids is 1. The van der Waals surface area contributed by atoms with Gasteiger partial charge in [0, 0.05) is 17.7 Å². The van der Waals surface area contributed by atoms with Crippen molar-refractivity contribution in [2.75, 3.05) is 27.9 Å². The van der Waals surface area contributed by atoms with Gasteiger partial charge in [-0.3, -0.25) is 4.79 Å². The van der Waals surface area contributed by atoms with E-state index in [1.807, 2.05) is 13.0 Å². The van der Waals surface area contributed by atoms with Crippen molar-refractivity contribution in [1.82, 2.24) is 5.32 Å². The summed E-state index contributed by atoms with van der Waals surface area (Å²) >= 11 is 0. The molecule has 0 fully saturated rings. The number of hydrogen-bond acceptors (Lipinski definition) is 5. The van der Waals surface area contributed by atoms with Gasteiger partial charge in [-0.05, 0) is 43.3 Å². The molecule has 0 aromatic heterocycles. The van der Waals surface area contributed by atoms with E-state index in [2.05, 4.69) is 5.32 Å². The van der Waals surface area contributed by atoms with E-state index in [0.717, 1.165) is 11.3 Å². The third-order valence-electron chi connectivity index (χ3n) is 3.65. The largest absolute Gasteiger partial charge is 0.494 e. The van der Waals surface area contributed by atoms with Gasteiger partial charge in [0.25, 0.3) is 5.91 Å². The predicted molar refractivity (Wildman–Crippen MR) is 94.9 cm³/mol. The lowest BCUT2D eigenvalue weighted by molar-refractivity contribution is 0.0950. The molecule has 0 saturated heterocycles. The van der Waals surface area contributed by atoms with Crippen molar-refractivity contribution in [1.29, 1.82) is 0 Å². The lowest BCUT2D eigenvalue weighted by atomic mass is 10.1. The molecule has 0 atom stereocenters. The van der Waals surface area contributed by atoms with E-state index in [1.54, 1.807) is 51.7 Å². The second kappa shape index (κ2) is 8.82. The quantitative estimate of drug-likeness (QED) is 0.796. The van der Waals surface area contributed by atoms with Crippen LogP contribution < -0.4 is 24.3 Å². The molecule has 25 heavy (non-hydrogen) atoms. The summed E-state index contributed by atoms with van der Waals surface area (Å²) in [5, 5.41) is 2.87. The second-order valence-corrected chi connectivity index (χ2v) is 5.13. The lowest BCUT2D eigenvalue weighted by Crippen LogP contribution is -2.23. The van der Waals surface area contributed by atoms with E-state index < -0.39 is 0 Å². The van der Waals surface area contributed by atoms with Crippen LogP contribution in [0.1, 0.15) is 22.8 Å². The van der Waals surface area contributed by atoms with Crippen LogP contribution in [0.4, 0.5) is 0 Å². The summed E-state index contributed by atoms with van der Waals surface area (Å²) < 4.78 is 21.4. The maximum absolute atomic E-state index is 12.3. The Hall–Kier alpha value is -2.89. The molecule has 1 amide bonds. The van der Waals surface area contributed by atoms with Crippen molar-refractivity contribution >= 4 is 5.91 Å². The highest BCUT2D eigenvalue weighted by Gasteiger charge is 2.16. The molecular weight excluding hydrogens is 322 g/mol. The maximum atomic E-state index is 12.3. The molecule has 2 aromatic carbocycles. The highest BCUT2D eigenvalue weighted by atomic mass is 16.5. The predicted octanol–water partition coefficient (Wildman–Crippen LogP) is 3.04. The van der Waals surface area contributed by atoms with E-state index >= 15 is 0 Å². The van der Waals surface area contributed by atoms with Crippen LogP contribution in [0.2, 0.25) is 0 Å². The zero-order valence-corrected chi connectivity index (χ0v) is 14.9. The van der Waals surface area contributed by atoms with Crippen LogP contribution in [-0.4, -0.2) is 33.8 Å². The van der Waals surface area contributed by atoms with Crippen molar-refractivity contribution in [3.8, 4) is 23.0 Å². The molecule has 0 bridgehead atoms. The zero-order chi connectivity index (χ0) is 18.2. The van der Waals surface area contributed by atoms with Crippen molar-refractivity contribution in [2.45, 2.75) is 13.5 Å². The minimum atomic E-state index is -0.181. The Morgan fingerprint density at radius 1 is 0.920 bits per heavy atom. The minimum absolute atomic E-state index is 0.181. The van der Waals surface area contributed by atoms with E-state index in [9.17, 15) is 4.79 Å². The molecule has 6 nitrogen and oxygen atoms in total. The number of ether oxygens (including phenoxy) is 4. The molecule has 1 N–H and O–H groups in total. The standard InChI is InChI=1S/C19H23NO5/c1-5-25-15-9-6-13(7-10-15)19(21)20-12-14-8-11-16(22-2)18(24-4)17(14)23-3/h6-11H,5,12H2,1-4H3,(H,20,21). The molecule has 134 valence electrons. The first-order valence-electron chi connectivity index (χ1n) is 7.93. The van der Waals surface area contributed by atoms with E-state index in [0.29, 0.717) is 36.0 Å². The van der Waals surface area contributed by atoms with Crippen LogP contribution in [0.3, 0.4) is 0 Å². The molecule has 2 rings (SSSR count). The summed E-state index contributed by atoms with van der Waals surface area (Å²) in [5.41, 5.74) is 1.35. The molecule has 0 unspecified atom stereocenters. The Morgan fingerprint density at radius 3 is 2.16 bits per heavy atom. The second-order valence-electron chi connectivity index (χ2n) is 5.13. The van der Waals surface area contributed by atoms with E-state index in [4.69, 9.17) is 18.9 Å². The van der Waals surface area contributed by atoms with Crippen molar-refractivity contribution in [3.63, 3.8) is 0 Å². The molecular formula is C19H23NO5. The number of carbonyl (C=O) groups is 1. The smallest absolute Gasteiger partial charge is 0.251 e. The number of methoxy groups -OCH3 is 3. The van der Waals surface area contributed by atoms with Gasteiger partial charge >= 0.3 is 0 Å². The summed E-state index contributed by atoms with van der Waals surface area (Å²) in [4.78, 5) is 12.3. The Kier molecular flexibility index (Phi) is 6.51. The Morgan fingerprint density at radius 2 is 1.60 bits per heavy atom. The Labute approximate surface area is 147 Å². The van der Waals surface area contributed by atoms with E-state index in [1.165, 1.54) is 0 Å². The molecule has 0 radical (unpaired) electrons. The lowest BCUT2D eigenvalue weighted by Gasteiger charge is -2.16. The van der Waals surface area contributed by atoms with Crippen molar-refractivity contribution < 1.29 is 23.7 Å². The maximum Gasteiger partial charge on any atom is 0.251 e. The number of benzene rings is 2. The van der Waals surface area contributed by atoms with Crippen LogP contribution >= 0.6 is 0 Å². The molecule has 0 spiro atoms. The molecule has 0 aliphatic carbocycles. The molecule has 0 heterocycles. The Balaban J connectivity index is 2.11. The number of rotatable bonds is 8. The first-order valence-corrected chi connectivity index (χ1v) is 7.93. The molecule has 0 saturated carbocycles. The Bertz CT molecular complexity index is 712. The van der Waals surface area contributed by atoms with Crippen molar-refractivity contribution in [3.05, 3.63) is 47.5 Å². The summed E-state index contributed by atoms with van der Waals surface area (Å²) in [7, 11) is 4.66. The van der Waals surface area contributed by atoms with Crippen LogP contribution in [0.5, 0.6) is 23.0 Å². The average molecular weight is 345 g/mol. The van der Waals surface area contributed by atoms with Gasteiger partial charge in [-0.25, -0.2) is 0 Å². The fourth-order valence-electron chi connectivity index (χ4n) is 2.45. The average Bonchev–Trinajstić information content (AvgIpc) is 2.65. The third kappa shape index (κ3) is 4.35. The van der Waals surface area contributed by atoms with Gasteiger partial charge in [-0.15, -0.1) is 0 Å². The van der Waals surface area contributed by atoms with Gasteiger partial charge in [0.2, 0.25) is 5.75 Å². The number of nitrogens with one attached hydrogen (secondary N) is 1. The van der Waals surface area contributed by atoms with E-state index in [-0.39, 0.29) is 5.91 Å². The number of amides is 1. The van der Waals surface area contributed by atoms with Gasteiger partial charge in [0.05, 0.1) is 27.9 Å². The van der Waals surface area contributed by atoms with Gasteiger partial charge in [-0.1, -0.05) is 0 Å². The van der Waals surface area contributed by atoms with Gasteiger partial charge in [0.1, 0.15) is 5.75 Å². The summed E-state index contributed by atoms with van der Waals surface area (Å²) in [5.74, 6) is 2.16. The highest BCUT2D eigenvalue weighted by molar-refractivity contribution is 5.94. The first-order chi connectivity index (χ1) is 12.1. The van der Waals surface area contributed by atoms with Gasteiger partial charge < -0.3 is 24.3 Å². The highest BCUT2D eigenvalue weighted by Crippen LogP contribution is 2.39. The minimum Gasteiger partial charge on any atom is -0.494 e. The van der Waals surface area contributed by atoms with Crippen LogP contribution in [0.15, 0.2) is 36.4 Å². The molecule has 0 aliphatic rings. The van der Waals surface area contributed by atoms with Crippen molar-refractivity contribution in [2.24, 2.45) is 0 Å². The molecule has 6 heteroatoms. The van der Waals surface area contributed by atoms with Crippen LogP contribution in [-0.2, 0) is 6.54 Å². The summed E-state index contributed by atoms with van der Waals surface area (Å²) in [6.45, 7) is 2.80. The zero-order valence-electron chi connectivity index (χ0n) is 14.9. The monoisotopic (exact) mass is 345 g/mol. The van der Waals surface area contributed by atoms with Crippen LogP contribution in [0.25, 0.3) is 0 Å². The van der Waals surface area contributed by atoms with Gasteiger partial charge in [0.15, 0.2) is 11.5 Å². The molecule has 2 aromatic rings. The normalized spacial score (nSPS) is 10.1. The summed E-state index contributed by atoms with van der Waals surface area (Å²) in [6.07, 6.45) is 0. The fourth-order valence-corrected chi connectivity index (χ4v) is 2.45. The van der Waals surface area contributed by atoms with Crippen LogP contribution in [0, 0.1) is 0 Å².